The third kappa shape index (κ3) is 2.11. The van der Waals surface area contributed by atoms with Crippen molar-refractivity contribution in [3.05, 3.63) is 29.4 Å². The molecule has 0 unspecified atom stereocenters. The van der Waals surface area contributed by atoms with Crippen LogP contribution in [0.15, 0.2) is 24.5 Å². The molecule has 0 bridgehead atoms. The van der Waals surface area contributed by atoms with Crippen molar-refractivity contribution in [3.63, 3.8) is 0 Å². The fraction of sp³-hybridized carbons (Fsp3) is 0.312. The zero-order valence-corrected chi connectivity index (χ0v) is 13.4. The largest absolute Gasteiger partial charge is 0.236 e. The zero-order valence-electron chi connectivity index (χ0n) is 12.6. The topological polar surface area (TPSA) is 69.4 Å². The van der Waals surface area contributed by atoms with E-state index in [-0.39, 0.29) is 0 Å². The van der Waals surface area contributed by atoms with Gasteiger partial charge in [-0.1, -0.05) is 6.42 Å². The molecule has 1 aliphatic rings. The lowest BCUT2D eigenvalue weighted by Crippen LogP contribution is -2.06. The summed E-state index contributed by atoms with van der Waals surface area (Å²) in [5, 5.41) is 9.62. The summed E-state index contributed by atoms with van der Waals surface area (Å²) in [7, 11) is 1.79. The lowest BCUT2D eigenvalue weighted by molar-refractivity contribution is 0.426. The summed E-state index contributed by atoms with van der Waals surface area (Å²) in [4.78, 5) is 17.6. The molecule has 4 aromatic heterocycles. The van der Waals surface area contributed by atoms with Gasteiger partial charge in [-0.25, -0.2) is 15.0 Å². The van der Waals surface area contributed by atoms with E-state index in [9.17, 15) is 0 Å². The van der Waals surface area contributed by atoms with E-state index in [1.807, 2.05) is 12.3 Å². The molecule has 0 radical (unpaired) electrons. The van der Waals surface area contributed by atoms with E-state index in [0.717, 1.165) is 27.2 Å². The van der Waals surface area contributed by atoms with Gasteiger partial charge in [0, 0.05) is 35.3 Å². The molecule has 6 nitrogen and oxygen atoms in total. The van der Waals surface area contributed by atoms with Crippen LogP contribution in [0.25, 0.3) is 32.8 Å². The van der Waals surface area contributed by atoms with Gasteiger partial charge in [0.05, 0.1) is 0 Å². The maximum absolute atomic E-state index is 4.73. The number of rotatable bonds is 2. The molecule has 5 rings (SSSR count). The minimum Gasteiger partial charge on any atom is -0.236 e. The van der Waals surface area contributed by atoms with E-state index in [4.69, 9.17) is 4.98 Å². The molecule has 7 heteroatoms. The molecule has 0 aromatic carbocycles. The highest BCUT2D eigenvalue weighted by molar-refractivity contribution is 7.18. The van der Waals surface area contributed by atoms with Gasteiger partial charge in [0.1, 0.15) is 10.3 Å². The first-order valence-corrected chi connectivity index (χ1v) is 8.52. The van der Waals surface area contributed by atoms with Gasteiger partial charge >= 0.3 is 0 Å². The number of aryl methyl sites for hydroxylation is 1. The van der Waals surface area contributed by atoms with Crippen molar-refractivity contribution >= 4 is 32.7 Å². The highest BCUT2D eigenvalue weighted by atomic mass is 32.1. The number of hydrogen-bond acceptors (Lipinski definition) is 6. The summed E-state index contributed by atoms with van der Waals surface area (Å²) >= 11 is 1.79. The summed E-state index contributed by atoms with van der Waals surface area (Å²) in [6.07, 6.45) is 7.64. The minimum absolute atomic E-state index is 0.640. The van der Waals surface area contributed by atoms with Crippen LogP contribution in [0.3, 0.4) is 0 Å². The Morgan fingerprint density at radius 1 is 1.13 bits per heavy atom. The summed E-state index contributed by atoms with van der Waals surface area (Å²) in [6.45, 7) is 0. The van der Waals surface area contributed by atoms with Gasteiger partial charge in [0.25, 0.3) is 0 Å². The molecule has 114 valence electrons. The molecule has 0 atom stereocenters. The van der Waals surface area contributed by atoms with Crippen LogP contribution in [-0.4, -0.2) is 29.9 Å². The second-order valence-corrected chi connectivity index (χ2v) is 7.05. The Kier molecular flexibility index (Phi) is 2.72. The van der Waals surface area contributed by atoms with Crippen molar-refractivity contribution in [2.45, 2.75) is 25.2 Å². The fourth-order valence-electron chi connectivity index (χ4n) is 2.92. The van der Waals surface area contributed by atoms with Gasteiger partial charge in [-0.3, -0.25) is 0 Å². The van der Waals surface area contributed by atoms with E-state index in [2.05, 4.69) is 26.2 Å². The average molecular weight is 322 g/mol. The molecule has 1 fully saturated rings. The first kappa shape index (κ1) is 13.1. The van der Waals surface area contributed by atoms with Crippen LogP contribution < -0.4 is 0 Å². The van der Waals surface area contributed by atoms with Crippen LogP contribution in [-0.2, 0) is 7.05 Å². The van der Waals surface area contributed by atoms with Crippen LogP contribution in [0.4, 0.5) is 0 Å². The first-order valence-electron chi connectivity index (χ1n) is 7.70. The molecular weight excluding hydrogens is 308 g/mol. The van der Waals surface area contributed by atoms with Gasteiger partial charge < -0.3 is 0 Å². The molecular formula is C16H14N6S. The molecule has 0 spiro atoms. The Morgan fingerprint density at radius 2 is 2.04 bits per heavy atom. The smallest absolute Gasteiger partial charge is 0.201 e. The van der Waals surface area contributed by atoms with Crippen molar-refractivity contribution in [2.75, 3.05) is 0 Å². The van der Waals surface area contributed by atoms with Crippen LogP contribution in [0.2, 0.25) is 0 Å². The van der Waals surface area contributed by atoms with Gasteiger partial charge in [0.15, 0.2) is 5.82 Å². The fourth-order valence-corrected chi connectivity index (χ4v) is 4.09. The maximum Gasteiger partial charge on any atom is 0.201 e. The third-order valence-electron chi connectivity index (χ3n) is 4.40. The monoisotopic (exact) mass is 322 g/mol. The van der Waals surface area contributed by atoms with E-state index < -0.39 is 0 Å². The van der Waals surface area contributed by atoms with Gasteiger partial charge in [-0.2, -0.15) is 9.90 Å². The van der Waals surface area contributed by atoms with Gasteiger partial charge in [-0.05, 0) is 30.9 Å². The predicted molar refractivity (Wildman–Crippen MR) is 89.3 cm³/mol. The Morgan fingerprint density at radius 3 is 2.87 bits per heavy atom. The van der Waals surface area contributed by atoms with Crippen LogP contribution in [0, 0.1) is 0 Å². The highest BCUT2D eigenvalue weighted by Gasteiger charge is 2.22. The van der Waals surface area contributed by atoms with Crippen LogP contribution >= 0.6 is 11.3 Å². The molecule has 23 heavy (non-hydrogen) atoms. The molecule has 1 aliphatic carbocycles. The normalized spacial score (nSPS) is 15.3. The Bertz CT molecular complexity index is 1030. The number of hydrogen-bond donors (Lipinski definition) is 0. The van der Waals surface area contributed by atoms with Crippen molar-refractivity contribution < 1.29 is 0 Å². The van der Waals surface area contributed by atoms with Crippen molar-refractivity contribution in [1.82, 2.24) is 29.9 Å². The molecule has 4 heterocycles. The zero-order chi connectivity index (χ0) is 15.4. The summed E-state index contributed by atoms with van der Waals surface area (Å²) < 4.78 is 0. The molecule has 0 saturated heterocycles. The second kappa shape index (κ2) is 4.79. The highest BCUT2D eigenvalue weighted by Crippen LogP contribution is 2.41. The van der Waals surface area contributed by atoms with Crippen LogP contribution in [0.5, 0.6) is 0 Å². The average Bonchev–Trinajstić information content (AvgIpc) is 3.05. The van der Waals surface area contributed by atoms with Crippen molar-refractivity contribution in [2.24, 2.45) is 7.05 Å². The SMILES string of the molecule is Cn1nc2cc(-c3ncc4cc(C5CCC5)sc4n3)cnc2n1. The molecule has 4 aromatic rings. The van der Waals surface area contributed by atoms with E-state index in [1.165, 1.54) is 28.9 Å². The molecule has 0 amide bonds. The number of pyridine rings is 1. The van der Waals surface area contributed by atoms with E-state index in [0.29, 0.717) is 11.5 Å². The summed E-state index contributed by atoms with van der Waals surface area (Å²) in [6, 6.07) is 4.19. The third-order valence-corrected chi connectivity index (χ3v) is 5.60. The summed E-state index contributed by atoms with van der Waals surface area (Å²) in [5.41, 5.74) is 2.27. The molecule has 1 saturated carbocycles. The Hall–Kier alpha value is -2.41. The van der Waals surface area contributed by atoms with Crippen molar-refractivity contribution in [1.29, 1.82) is 0 Å². The Labute approximate surface area is 136 Å². The number of nitrogens with zero attached hydrogens (tertiary/aromatic N) is 6. The molecule has 0 N–H and O–H groups in total. The standard InChI is InChI=1S/C16H14N6S/c1-22-20-12-5-10(7-18-15(12)21-22)14-17-8-11-6-13(9-3-2-4-9)23-16(11)19-14/h5-9H,2-4H2,1H3. The first-order chi connectivity index (χ1) is 11.3. The predicted octanol–water partition coefficient (Wildman–Crippen LogP) is 3.30. The maximum atomic E-state index is 4.73. The number of thiophene rings is 1. The minimum atomic E-state index is 0.640. The van der Waals surface area contributed by atoms with Crippen molar-refractivity contribution in [3.8, 4) is 11.4 Å². The van der Waals surface area contributed by atoms with E-state index in [1.54, 1.807) is 24.6 Å². The molecule has 0 aliphatic heterocycles. The lowest BCUT2D eigenvalue weighted by Gasteiger charge is -2.23. The second-order valence-electron chi connectivity index (χ2n) is 5.99. The Balaban J connectivity index is 1.59. The van der Waals surface area contributed by atoms with Gasteiger partial charge in [-0.15, -0.1) is 16.4 Å². The van der Waals surface area contributed by atoms with Crippen LogP contribution in [0.1, 0.15) is 30.1 Å². The summed E-state index contributed by atoms with van der Waals surface area (Å²) in [5.74, 6) is 1.43. The quantitative estimate of drug-likeness (QED) is 0.566. The number of aromatic nitrogens is 6. The number of fused-ring (bicyclic) bond motifs is 2. The van der Waals surface area contributed by atoms with E-state index >= 15 is 0 Å². The van der Waals surface area contributed by atoms with Gasteiger partial charge in [0.2, 0.25) is 5.65 Å². The lowest BCUT2D eigenvalue weighted by atomic mass is 9.84.